The molecule has 2 aromatic rings. The van der Waals surface area contributed by atoms with Crippen LogP contribution in [0.2, 0.25) is 5.02 Å². The lowest BCUT2D eigenvalue weighted by molar-refractivity contribution is 0.0730. The number of carbonyl (C=O) groups is 1. The van der Waals surface area contributed by atoms with E-state index < -0.39 is 15.9 Å². The van der Waals surface area contributed by atoms with E-state index in [0.29, 0.717) is 24.6 Å². The van der Waals surface area contributed by atoms with Gasteiger partial charge >= 0.3 is 0 Å². The fraction of sp³-hybridized carbons (Fsp3) is 0.312. The number of hydrogen-bond donors (Lipinski definition) is 1. The minimum Gasteiger partial charge on any atom is -0.379 e. The van der Waals surface area contributed by atoms with Crippen molar-refractivity contribution in [3.63, 3.8) is 0 Å². The third-order valence-corrected chi connectivity index (χ3v) is 6.17. The first-order valence-corrected chi connectivity index (χ1v) is 9.67. The van der Waals surface area contributed by atoms with Crippen LogP contribution in [0.3, 0.4) is 0 Å². The minimum atomic E-state index is -3.78. The van der Waals surface area contributed by atoms with Crippen LogP contribution in [0.15, 0.2) is 35.5 Å². The van der Waals surface area contributed by atoms with Crippen molar-refractivity contribution in [2.45, 2.75) is 11.8 Å². The van der Waals surface area contributed by atoms with E-state index in [0.717, 1.165) is 0 Å². The average Bonchev–Trinajstić information content (AvgIpc) is 2.64. The van der Waals surface area contributed by atoms with Crippen molar-refractivity contribution in [2.75, 3.05) is 31.6 Å². The Morgan fingerprint density at radius 2 is 1.96 bits per heavy atom. The largest absolute Gasteiger partial charge is 0.379 e. The van der Waals surface area contributed by atoms with Gasteiger partial charge in [0.1, 0.15) is 10.6 Å². The van der Waals surface area contributed by atoms with Crippen molar-refractivity contribution in [1.29, 1.82) is 0 Å². The number of halogens is 1. The number of nitrogens with zero attached hydrogens (tertiary/aromatic N) is 3. The molecular weight excluding hydrogens is 380 g/mol. The van der Waals surface area contributed by atoms with Gasteiger partial charge < -0.3 is 10.1 Å². The lowest BCUT2D eigenvalue weighted by atomic mass is 10.3. The zero-order valence-corrected chi connectivity index (χ0v) is 15.5. The predicted molar refractivity (Wildman–Crippen MR) is 95.8 cm³/mol. The van der Waals surface area contributed by atoms with Gasteiger partial charge in [-0.2, -0.15) is 4.31 Å². The molecule has 1 aromatic heterocycles. The molecule has 3 rings (SSSR count). The molecule has 1 amide bonds. The van der Waals surface area contributed by atoms with Gasteiger partial charge in [0.05, 0.1) is 30.1 Å². The average molecular weight is 397 g/mol. The molecule has 0 bridgehead atoms. The zero-order chi connectivity index (χ0) is 18.7. The molecule has 0 saturated carbocycles. The second-order valence-corrected chi connectivity index (χ2v) is 7.97. The van der Waals surface area contributed by atoms with Gasteiger partial charge in [-0.3, -0.25) is 9.78 Å². The van der Waals surface area contributed by atoms with Crippen LogP contribution in [0, 0.1) is 6.92 Å². The third-order valence-electron chi connectivity index (χ3n) is 3.79. The van der Waals surface area contributed by atoms with E-state index >= 15 is 0 Å². The van der Waals surface area contributed by atoms with Crippen molar-refractivity contribution in [1.82, 2.24) is 14.3 Å². The van der Waals surface area contributed by atoms with Crippen LogP contribution in [0.4, 0.5) is 5.69 Å². The second-order valence-electron chi connectivity index (χ2n) is 5.66. The highest BCUT2D eigenvalue weighted by Crippen LogP contribution is 2.28. The normalized spacial score (nSPS) is 15.6. The molecule has 0 atom stereocenters. The molecule has 2 heterocycles. The Morgan fingerprint density at radius 1 is 1.23 bits per heavy atom. The molecule has 0 unspecified atom stereocenters. The number of benzene rings is 1. The molecule has 0 radical (unpaired) electrons. The maximum absolute atomic E-state index is 12.8. The van der Waals surface area contributed by atoms with E-state index in [1.54, 1.807) is 6.92 Å². The number of ether oxygens (including phenoxy) is 1. The van der Waals surface area contributed by atoms with Gasteiger partial charge in [-0.1, -0.05) is 11.6 Å². The van der Waals surface area contributed by atoms with Crippen LogP contribution in [0.5, 0.6) is 0 Å². The van der Waals surface area contributed by atoms with Crippen LogP contribution < -0.4 is 5.32 Å². The van der Waals surface area contributed by atoms with Crippen molar-refractivity contribution < 1.29 is 17.9 Å². The maximum Gasteiger partial charge on any atom is 0.275 e. The molecule has 1 aliphatic heterocycles. The predicted octanol–water partition coefficient (Wildman–Crippen LogP) is 1.71. The first-order chi connectivity index (χ1) is 12.4. The molecule has 1 saturated heterocycles. The molecule has 1 aliphatic rings. The van der Waals surface area contributed by atoms with E-state index in [2.05, 4.69) is 15.3 Å². The Bertz CT molecular complexity index is 912. The van der Waals surface area contributed by atoms with E-state index in [-0.39, 0.29) is 28.7 Å². The monoisotopic (exact) mass is 396 g/mol. The topological polar surface area (TPSA) is 101 Å². The molecular formula is C16H17ClN4O4S. The van der Waals surface area contributed by atoms with Crippen molar-refractivity contribution >= 4 is 33.2 Å². The minimum absolute atomic E-state index is 0.0612. The summed E-state index contributed by atoms with van der Waals surface area (Å²) >= 11 is 6.10. The van der Waals surface area contributed by atoms with Crippen molar-refractivity contribution in [3.8, 4) is 0 Å². The highest BCUT2D eigenvalue weighted by Gasteiger charge is 2.28. The molecule has 26 heavy (non-hydrogen) atoms. The Labute approximate surface area is 156 Å². The number of anilines is 1. The number of aromatic nitrogens is 2. The lowest BCUT2D eigenvalue weighted by Crippen LogP contribution is -2.40. The lowest BCUT2D eigenvalue weighted by Gasteiger charge is -2.26. The summed E-state index contributed by atoms with van der Waals surface area (Å²) in [7, 11) is -3.78. The Kier molecular flexibility index (Phi) is 5.52. The van der Waals surface area contributed by atoms with Crippen LogP contribution >= 0.6 is 11.6 Å². The molecule has 0 aliphatic carbocycles. The molecule has 10 heteroatoms. The number of nitrogens with one attached hydrogen (secondary N) is 1. The first-order valence-electron chi connectivity index (χ1n) is 7.85. The van der Waals surface area contributed by atoms with E-state index in [9.17, 15) is 13.2 Å². The fourth-order valence-electron chi connectivity index (χ4n) is 2.41. The number of sulfonamides is 1. The van der Waals surface area contributed by atoms with Gasteiger partial charge in [0, 0.05) is 25.0 Å². The summed E-state index contributed by atoms with van der Waals surface area (Å²) in [4.78, 5) is 20.2. The Morgan fingerprint density at radius 3 is 2.62 bits per heavy atom. The van der Waals surface area contributed by atoms with Crippen LogP contribution in [-0.4, -0.2) is 54.9 Å². The van der Waals surface area contributed by atoms with Gasteiger partial charge in [0.2, 0.25) is 10.0 Å². The van der Waals surface area contributed by atoms with E-state index in [4.69, 9.17) is 16.3 Å². The number of carbonyl (C=O) groups excluding carboxylic acids is 1. The van der Waals surface area contributed by atoms with Crippen LogP contribution in [0.1, 0.15) is 16.2 Å². The van der Waals surface area contributed by atoms with Gasteiger partial charge in [0.15, 0.2) is 0 Å². The maximum atomic E-state index is 12.8. The van der Waals surface area contributed by atoms with E-state index in [1.165, 1.54) is 34.9 Å². The van der Waals surface area contributed by atoms with Crippen LogP contribution in [0.25, 0.3) is 0 Å². The summed E-state index contributed by atoms with van der Waals surface area (Å²) in [5.74, 6) is -0.491. The second kappa shape index (κ2) is 7.67. The van der Waals surface area contributed by atoms with Crippen molar-refractivity contribution in [3.05, 3.63) is 47.0 Å². The summed E-state index contributed by atoms with van der Waals surface area (Å²) < 4.78 is 32.1. The standard InChI is InChI=1S/C16H17ClN4O4S/c1-11-9-19-14(10-18-11)16(22)20-12-2-3-13(17)15(8-12)26(23,24)21-4-6-25-7-5-21/h2-3,8-10H,4-7H2,1H3,(H,20,22). The Hall–Kier alpha value is -2.07. The van der Waals surface area contributed by atoms with Gasteiger partial charge in [-0.15, -0.1) is 0 Å². The number of hydrogen-bond acceptors (Lipinski definition) is 6. The smallest absolute Gasteiger partial charge is 0.275 e. The summed E-state index contributed by atoms with van der Waals surface area (Å²) in [5, 5.41) is 2.70. The molecule has 8 nitrogen and oxygen atoms in total. The molecule has 1 N–H and O–H groups in total. The number of morpholine rings is 1. The van der Waals surface area contributed by atoms with Gasteiger partial charge in [0.25, 0.3) is 5.91 Å². The highest BCUT2D eigenvalue weighted by molar-refractivity contribution is 7.89. The molecule has 1 aromatic carbocycles. The highest BCUT2D eigenvalue weighted by atomic mass is 35.5. The van der Waals surface area contributed by atoms with Crippen LogP contribution in [-0.2, 0) is 14.8 Å². The van der Waals surface area contributed by atoms with Crippen molar-refractivity contribution in [2.24, 2.45) is 0 Å². The third kappa shape index (κ3) is 4.01. The summed E-state index contributed by atoms with van der Waals surface area (Å²) in [6, 6.07) is 4.30. The van der Waals surface area contributed by atoms with E-state index in [1.807, 2.05) is 0 Å². The quantitative estimate of drug-likeness (QED) is 0.844. The molecule has 138 valence electrons. The van der Waals surface area contributed by atoms with Gasteiger partial charge in [-0.05, 0) is 25.1 Å². The summed E-state index contributed by atoms with van der Waals surface area (Å²) in [6.45, 7) is 2.94. The fourth-order valence-corrected chi connectivity index (χ4v) is 4.32. The summed E-state index contributed by atoms with van der Waals surface area (Å²) in [5.41, 5.74) is 1.11. The zero-order valence-electron chi connectivity index (χ0n) is 14.0. The number of aryl methyl sites for hydroxylation is 1. The van der Waals surface area contributed by atoms with Gasteiger partial charge in [-0.25, -0.2) is 13.4 Å². The Balaban J connectivity index is 1.85. The SMILES string of the molecule is Cc1cnc(C(=O)Nc2ccc(Cl)c(S(=O)(=O)N3CCOCC3)c2)cn1. The number of amides is 1. The first kappa shape index (κ1) is 18.7. The molecule has 1 fully saturated rings. The number of rotatable bonds is 4. The molecule has 0 spiro atoms. The summed E-state index contributed by atoms with van der Waals surface area (Å²) in [6.07, 6.45) is 2.83.